The van der Waals surface area contributed by atoms with Gasteiger partial charge in [-0.3, -0.25) is 14.2 Å². The fraction of sp³-hybridized carbons (Fsp3) is 0.208. The lowest BCUT2D eigenvalue weighted by atomic mass is 9.93. The highest BCUT2D eigenvalue weighted by Gasteiger charge is 2.30. The fourth-order valence-electron chi connectivity index (χ4n) is 3.75. The number of ether oxygens (including phenoxy) is 2. The van der Waals surface area contributed by atoms with Gasteiger partial charge in [0.25, 0.3) is 5.56 Å². The van der Waals surface area contributed by atoms with Gasteiger partial charge in [-0.2, -0.15) is 0 Å². The number of benzene rings is 2. The number of Topliss-reactive ketones (excluding diaryl/α,β-unsaturated/α-hetero) is 1. The van der Waals surface area contributed by atoms with Crippen LogP contribution in [-0.2, 0) is 4.79 Å². The predicted octanol–water partition coefficient (Wildman–Crippen LogP) is 2.84. The van der Waals surface area contributed by atoms with Crippen molar-refractivity contribution in [3.05, 3.63) is 90.6 Å². The number of fused-ring (bicyclic) bond motifs is 1. The highest BCUT2D eigenvalue weighted by molar-refractivity contribution is 7.07. The Bertz CT molecular complexity index is 1360. The maximum Gasteiger partial charge on any atom is 0.271 e. The largest absolute Gasteiger partial charge is 0.497 e. The number of methoxy groups -OCH3 is 2. The van der Waals surface area contributed by atoms with Gasteiger partial charge in [-0.05, 0) is 55.3 Å². The molecule has 0 saturated heterocycles. The molecule has 0 saturated carbocycles. The molecule has 2 aromatic carbocycles. The topological polar surface area (TPSA) is 69.9 Å². The van der Waals surface area contributed by atoms with Gasteiger partial charge in [-0.1, -0.05) is 35.6 Å². The van der Waals surface area contributed by atoms with Gasteiger partial charge in [0.15, 0.2) is 10.6 Å². The van der Waals surface area contributed by atoms with Crippen LogP contribution in [0.5, 0.6) is 11.5 Å². The van der Waals surface area contributed by atoms with E-state index in [2.05, 4.69) is 4.99 Å². The van der Waals surface area contributed by atoms with Crippen LogP contribution in [0.4, 0.5) is 0 Å². The third-order valence-corrected chi connectivity index (χ3v) is 6.21. The first kappa shape index (κ1) is 20.8. The third-order valence-electron chi connectivity index (χ3n) is 5.22. The molecule has 2 heterocycles. The number of aromatic nitrogens is 1. The molecule has 1 aliphatic rings. The number of carbonyl (C=O) groups excluding carboxylic acids is 1. The van der Waals surface area contributed by atoms with Crippen LogP contribution < -0.4 is 24.4 Å². The first-order valence-corrected chi connectivity index (χ1v) is 10.6. The number of thiazole rings is 1. The molecule has 0 aliphatic carbocycles. The van der Waals surface area contributed by atoms with E-state index in [-0.39, 0.29) is 11.3 Å². The molecule has 0 spiro atoms. The van der Waals surface area contributed by atoms with Gasteiger partial charge in [0.2, 0.25) is 0 Å². The second-order valence-corrected chi connectivity index (χ2v) is 8.20. The molecule has 6 nitrogen and oxygen atoms in total. The van der Waals surface area contributed by atoms with Crippen molar-refractivity contribution in [2.45, 2.75) is 19.9 Å². The van der Waals surface area contributed by atoms with Crippen LogP contribution in [0.25, 0.3) is 6.08 Å². The quantitative estimate of drug-likeness (QED) is 0.619. The molecule has 0 unspecified atom stereocenters. The zero-order valence-electron chi connectivity index (χ0n) is 17.7. The molecular weight excluding hydrogens is 412 g/mol. The smallest absolute Gasteiger partial charge is 0.271 e. The SMILES string of the molecule is COc1ccc([C@H]2C(C(C)=O)=C(C)N=c3s/c(=C/c4cccc(OC)c4)c(=O)n32)cc1. The number of rotatable bonds is 5. The first-order valence-electron chi connectivity index (χ1n) is 9.74. The van der Waals surface area contributed by atoms with Gasteiger partial charge in [-0.25, -0.2) is 4.99 Å². The minimum atomic E-state index is -0.535. The zero-order chi connectivity index (χ0) is 22.1. The van der Waals surface area contributed by atoms with Crippen LogP contribution in [-0.4, -0.2) is 24.6 Å². The molecule has 4 rings (SSSR count). The first-order chi connectivity index (χ1) is 14.9. The Kier molecular flexibility index (Phi) is 5.61. The molecule has 0 fully saturated rings. The number of allylic oxidation sites excluding steroid dienone is 2. The lowest BCUT2D eigenvalue weighted by molar-refractivity contribution is -0.114. The third kappa shape index (κ3) is 3.84. The molecular formula is C24H22N2O4S. The summed E-state index contributed by atoms with van der Waals surface area (Å²) in [6, 6.07) is 14.4. The lowest BCUT2D eigenvalue weighted by Crippen LogP contribution is -2.39. The summed E-state index contributed by atoms with van der Waals surface area (Å²) in [7, 11) is 3.20. The van der Waals surface area contributed by atoms with E-state index < -0.39 is 6.04 Å². The molecule has 0 N–H and O–H groups in total. The number of ketones is 1. The second kappa shape index (κ2) is 8.35. The zero-order valence-corrected chi connectivity index (χ0v) is 18.5. The molecule has 1 aliphatic heterocycles. The van der Waals surface area contributed by atoms with Gasteiger partial charge < -0.3 is 9.47 Å². The van der Waals surface area contributed by atoms with Crippen molar-refractivity contribution in [2.24, 2.45) is 4.99 Å². The maximum absolute atomic E-state index is 13.4. The van der Waals surface area contributed by atoms with Gasteiger partial charge in [-0.15, -0.1) is 0 Å². The van der Waals surface area contributed by atoms with Crippen molar-refractivity contribution >= 4 is 23.2 Å². The Morgan fingerprint density at radius 3 is 2.45 bits per heavy atom. The summed E-state index contributed by atoms with van der Waals surface area (Å²) in [5.74, 6) is 1.32. The van der Waals surface area contributed by atoms with E-state index in [1.165, 1.54) is 18.3 Å². The average molecular weight is 435 g/mol. The lowest BCUT2D eigenvalue weighted by Gasteiger charge is -2.24. The Hall–Kier alpha value is -3.45. The Balaban J connectivity index is 1.94. The summed E-state index contributed by atoms with van der Waals surface area (Å²) in [4.78, 5) is 31.1. The monoisotopic (exact) mass is 434 g/mol. The van der Waals surface area contributed by atoms with Gasteiger partial charge in [0.05, 0.1) is 24.8 Å². The summed E-state index contributed by atoms with van der Waals surface area (Å²) in [6.45, 7) is 3.32. The van der Waals surface area contributed by atoms with Crippen molar-refractivity contribution in [3.8, 4) is 11.5 Å². The van der Waals surface area contributed by atoms with Crippen LogP contribution >= 0.6 is 11.3 Å². The van der Waals surface area contributed by atoms with Gasteiger partial charge in [0.1, 0.15) is 11.5 Å². The number of carbonyl (C=O) groups is 1. The highest BCUT2D eigenvalue weighted by atomic mass is 32.1. The summed E-state index contributed by atoms with van der Waals surface area (Å²) in [5, 5.41) is 0. The molecule has 7 heteroatoms. The van der Waals surface area contributed by atoms with Crippen molar-refractivity contribution in [3.63, 3.8) is 0 Å². The number of hydrogen-bond donors (Lipinski definition) is 0. The second-order valence-electron chi connectivity index (χ2n) is 7.19. The Labute approximate surface area is 183 Å². The predicted molar refractivity (Wildman–Crippen MR) is 120 cm³/mol. The van der Waals surface area contributed by atoms with Crippen molar-refractivity contribution in [1.82, 2.24) is 4.57 Å². The van der Waals surface area contributed by atoms with E-state index in [1.54, 1.807) is 18.8 Å². The van der Waals surface area contributed by atoms with Crippen LogP contribution in [0.1, 0.15) is 31.0 Å². The van der Waals surface area contributed by atoms with Crippen LogP contribution in [0.15, 0.2) is 69.6 Å². The molecule has 0 radical (unpaired) electrons. The van der Waals surface area contributed by atoms with E-state index in [9.17, 15) is 9.59 Å². The standard InChI is InChI=1S/C24H22N2O4S/c1-14-21(15(2)27)22(17-8-10-18(29-3)11-9-17)26-23(28)20(31-24(26)25-14)13-16-6-5-7-19(12-16)30-4/h5-13,22H,1-4H3/b20-13+/t22-/m0/s1. The minimum Gasteiger partial charge on any atom is -0.497 e. The van der Waals surface area contributed by atoms with E-state index in [4.69, 9.17) is 9.47 Å². The van der Waals surface area contributed by atoms with Crippen molar-refractivity contribution in [2.75, 3.05) is 14.2 Å². The molecule has 1 atom stereocenters. The molecule has 0 bridgehead atoms. The summed E-state index contributed by atoms with van der Waals surface area (Å²) >= 11 is 1.31. The number of nitrogens with zero attached hydrogens (tertiary/aromatic N) is 2. The Morgan fingerprint density at radius 2 is 1.81 bits per heavy atom. The summed E-state index contributed by atoms with van der Waals surface area (Å²) in [5.41, 5.74) is 2.65. The molecule has 31 heavy (non-hydrogen) atoms. The molecule has 1 aromatic heterocycles. The van der Waals surface area contributed by atoms with E-state index in [0.717, 1.165) is 11.1 Å². The fourth-order valence-corrected chi connectivity index (χ4v) is 4.80. The highest BCUT2D eigenvalue weighted by Crippen LogP contribution is 2.31. The van der Waals surface area contributed by atoms with E-state index in [1.807, 2.05) is 61.5 Å². The van der Waals surface area contributed by atoms with Gasteiger partial charge in [0, 0.05) is 11.3 Å². The minimum absolute atomic E-state index is 0.107. The van der Waals surface area contributed by atoms with Crippen LogP contribution in [0.2, 0.25) is 0 Å². The molecule has 158 valence electrons. The molecule has 3 aromatic rings. The maximum atomic E-state index is 13.4. The van der Waals surface area contributed by atoms with Gasteiger partial charge >= 0.3 is 0 Å². The van der Waals surface area contributed by atoms with Crippen molar-refractivity contribution < 1.29 is 14.3 Å². The van der Waals surface area contributed by atoms with Crippen molar-refractivity contribution in [1.29, 1.82) is 0 Å². The average Bonchev–Trinajstić information content (AvgIpc) is 3.07. The summed E-state index contributed by atoms with van der Waals surface area (Å²) < 4.78 is 12.7. The van der Waals surface area contributed by atoms with E-state index in [0.29, 0.717) is 32.1 Å². The Morgan fingerprint density at radius 1 is 1.10 bits per heavy atom. The summed E-state index contributed by atoms with van der Waals surface area (Å²) in [6.07, 6.45) is 1.82. The number of hydrogen-bond acceptors (Lipinski definition) is 6. The van der Waals surface area contributed by atoms with E-state index >= 15 is 0 Å². The normalized spacial score (nSPS) is 16.0. The van der Waals surface area contributed by atoms with Crippen LogP contribution in [0, 0.1) is 0 Å². The van der Waals surface area contributed by atoms with Crippen LogP contribution in [0.3, 0.4) is 0 Å². The molecule has 0 amide bonds.